The van der Waals surface area contributed by atoms with Crippen molar-refractivity contribution in [3.8, 4) is 0 Å². The summed E-state index contributed by atoms with van der Waals surface area (Å²) < 4.78 is 5.65. The number of hydrogen-bond donors (Lipinski definition) is 2. The van der Waals surface area contributed by atoms with Gasteiger partial charge in [0.25, 0.3) is 0 Å². The summed E-state index contributed by atoms with van der Waals surface area (Å²) in [5, 5.41) is 7.82. The summed E-state index contributed by atoms with van der Waals surface area (Å²) in [7, 11) is 0. The molecule has 6 nitrogen and oxygen atoms in total. The molecule has 1 aliphatic rings. The van der Waals surface area contributed by atoms with Crippen molar-refractivity contribution in [2.45, 2.75) is 25.9 Å². The molecule has 1 saturated heterocycles. The van der Waals surface area contributed by atoms with Gasteiger partial charge in [0.2, 0.25) is 0 Å². The van der Waals surface area contributed by atoms with Gasteiger partial charge in [-0.15, -0.1) is 0 Å². The first kappa shape index (κ1) is 15.8. The standard InChI is InChI=1S/C19H21N5O/c1-13-22-17(21-12-15-7-4-10-25-15)11-18(23-13)24-16-8-2-5-14-6-3-9-20-19(14)16/h2-3,5-6,8-9,11,15H,4,7,10,12H2,1H3,(H2,21,22,23,24). The van der Waals surface area contributed by atoms with Gasteiger partial charge < -0.3 is 15.4 Å². The van der Waals surface area contributed by atoms with Crippen LogP contribution in [0.25, 0.3) is 10.9 Å². The number of para-hydroxylation sites is 1. The lowest BCUT2D eigenvalue weighted by Gasteiger charge is -2.13. The van der Waals surface area contributed by atoms with E-state index < -0.39 is 0 Å². The van der Waals surface area contributed by atoms with Crippen LogP contribution in [0.1, 0.15) is 18.7 Å². The first-order valence-corrected chi connectivity index (χ1v) is 8.60. The van der Waals surface area contributed by atoms with E-state index in [4.69, 9.17) is 4.74 Å². The number of aromatic nitrogens is 3. The van der Waals surface area contributed by atoms with Crippen LogP contribution in [-0.4, -0.2) is 34.2 Å². The highest BCUT2D eigenvalue weighted by atomic mass is 16.5. The molecule has 0 bridgehead atoms. The van der Waals surface area contributed by atoms with Gasteiger partial charge in [0.05, 0.1) is 17.3 Å². The Bertz CT molecular complexity index is 871. The van der Waals surface area contributed by atoms with Gasteiger partial charge >= 0.3 is 0 Å². The molecule has 128 valence electrons. The number of pyridine rings is 1. The highest BCUT2D eigenvalue weighted by molar-refractivity contribution is 5.91. The van der Waals surface area contributed by atoms with Gasteiger partial charge in [0.1, 0.15) is 17.5 Å². The topological polar surface area (TPSA) is 72.0 Å². The molecule has 0 aliphatic carbocycles. The molecule has 2 N–H and O–H groups in total. The van der Waals surface area contributed by atoms with Gasteiger partial charge in [-0.25, -0.2) is 9.97 Å². The molecular formula is C19H21N5O. The molecular weight excluding hydrogens is 314 g/mol. The Labute approximate surface area is 146 Å². The van der Waals surface area contributed by atoms with E-state index in [1.165, 1.54) is 0 Å². The fourth-order valence-electron chi connectivity index (χ4n) is 3.09. The largest absolute Gasteiger partial charge is 0.376 e. The maximum Gasteiger partial charge on any atom is 0.136 e. The van der Waals surface area contributed by atoms with Crippen molar-refractivity contribution in [3.63, 3.8) is 0 Å². The Balaban J connectivity index is 1.55. The summed E-state index contributed by atoms with van der Waals surface area (Å²) in [5.74, 6) is 2.27. The molecule has 3 heterocycles. The zero-order valence-electron chi connectivity index (χ0n) is 14.2. The number of benzene rings is 1. The first-order chi connectivity index (χ1) is 12.3. The summed E-state index contributed by atoms with van der Waals surface area (Å²) in [6.45, 7) is 3.52. The fourth-order valence-corrected chi connectivity index (χ4v) is 3.09. The molecule has 0 spiro atoms. The summed E-state index contributed by atoms with van der Waals surface area (Å²) in [6.07, 6.45) is 4.31. The van der Waals surface area contributed by atoms with Crippen LogP contribution in [0.3, 0.4) is 0 Å². The minimum absolute atomic E-state index is 0.272. The maximum absolute atomic E-state index is 5.65. The predicted octanol–water partition coefficient (Wildman–Crippen LogP) is 3.67. The van der Waals surface area contributed by atoms with Crippen LogP contribution in [0, 0.1) is 6.92 Å². The van der Waals surface area contributed by atoms with Gasteiger partial charge in [-0.2, -0.15) is 0 Å². The molecule has 3 aromatic rings. The second-order valence-corrected chi connectivity index (χ2v) is 6.21. The molecule has 1 atom stereocenters. The highest BCUT2D eigenvalue weighted by Crippen LogP contribution is 2.24. The minimum atomic E-state index is 0.272. The molecule has 1 aliphatic heterocycles. The summed E-state index contributed by atoms with van der Waals surface area (Å²) in [5.41, 5.74) is 1.86. The van der Waals surface area contributed by atoms with Crippen molar-refractivity contribution in [2.75, 3.05) is 23.8 Å². The SMILES string of the molecule is Cc1nc(NCC2CCCO2)cc(Nc2cccc3cccnc23)n1. The van der Waals surface area contributed by atoms with Crippen molar-refractivity contribution < 1.29 is 4.74 Å². The molecule has 0 radical (unpaired) electrons. The van der Waals surface area contributed by atoms with Gasteiger partial charge in [0, 0.05) is 30.8 Å². The monoisotopic (exact) mass is 335 g/mol. The third-order valence-electron chi connectivity index (χ3n) is 4.27. The van der Waals surface area contributed by atoms with Crippen molar-refractivity contribution in [2.24, 2.45) is 0 Å². The van der Waals surface area contributed by atoms with E-state index in [9.17, 15) is 0 Å². The van der Waals surface area contributed by atoms with Crippen molar-refractivity contribution in [1.29, 1.82) is 0 Å². The second kappa shape index (κ2) is 7.03. The van der Waals surface area contributed by atoms with Crippen LogP contribution in [0.4, 0.5) is 17.3 Å². The number of hydrogen-bond acceptors (Lipinski definition) is 6. The lowest BCUT2D eigenvalue weighted by Crippen LogP contribution is -2.19. The average molecular weight is 335 g/mol. The third kappa shape index (κ3) is 3.69. The molecule has 6 heteroatoms. The number of aryl methyl sites for hydroxylation is 1. The van der Waals surface area contributed by atoms with Crippen molar-refractivity contribution in [1.82, 2.24) is 15.0 Å². The average Bonchev–Trinajstić information content (AvgIpc) is 3.13. The van der Waals surface area contributed by atoms with Crippen LogP contribution in [0.15, 0.2) is 42.6 Å². The Hall–Kier alpha value is -2.73. The van der Waals surface area contributed by atoms with E-state index in [0.29, 0.717) is 5.82 Å². The van der Waals surface area contributed by atoms with E-state index in [1.54, 1.807) is 6.20 Å². The molecule has 1 unspecified atom stereocenters. The van der Waals surface area contributed by atoms with Crippen LogP contribution in [0.2, 0.25) is 0 Å². The maximum atomic E-state index is 5.65. The van der Waals surface area contributed by atoms with Crippen LogP contribution >= 0.6 is 0 Å². The van der Waals surface area contributed by atoms with Gasteiger partial charge in [-0.05, 0) is 31.9 Å². The summed E-state index contributed by atoms with van der Waals surface area (Å²) >= 11 is 0. The van der Waals surface area contributed by atoms with Crippen molar-refractivity contribution in [3.05, 3.63) is 48.4 Å². The molecule has 1 aromatic carbocycles. The normalized spacial score (nSPS) is 16.9. The van der Waals surface area contributed by atoms with E-state index in [1.807, 2.05) is 43.3 Å². The number of nitrogens with one attached hydrogen (secondary N) is 2. The number of anilines is 3. The Morgan fingerprint density at radius 1 is 1.16 bits per heavy atom. The molecule has 25 heavy (non-hydrogen) atoms. The second-order valence-electron chi connectivity index (χ2n) is 6.21. The quantitative estimate of drug-likeness (QED) is 0.741. The lowest BCUT2D eigenvalue weighted by molar-refractivity contribution is 0.120. The third-order valence-corrected chi connectivity index (χ3v) is 4.27. The number of fused-ring (bicyclic) bond motifs is 1. The first-order valence-electron chi connectivity index (χ1n) is 8.60. The minimum Gasteiger partial charge on any atom is -0.376 e. The van der Waals surface area contributed by atoms with Gasteiger partial charge in [-0.3, -0.25) is 4.98 Å². The molecule has 2 aromatic heterocycles. The molecule has 0 amide bonds. The number of rotatable bonds is 5. The summed E-state index contributed by atoms with van der Waals surface area (Å²) in [6, 6.07) is 12.0. The Morgan fingerprint density at radius 2 is 2.04 bits per heavy atom. The lowest BCUT2D eigenvalue weighted by atomic mass is 10.2. The van der Waals surface area contributed by atoms with E-state index >= 15 is 0 Å². The van der Waals surface area contributed by atoms with E-state index in [0.717, 1.165) is 54.2 Å². The number of nitrogens with zero attached hydrogens (tertiary/aromatic N) is 3. The zero-order valence-corrected chi connectivity index (χ0v) is 14.2. The number of ether oxygens (including phenoxy) is 1. The molecule has 0 saturated carbocycles. The molecule has 1 fully saturated rings. The Morgan fingerprint density at radius 3 is 2.92 bits per heavy atom. The van der Waals surface area contributed by atoms with Crippen LogP contribution < -0.4 is 10.6 Å². The highest BCUT2D eigenvalue weighted by Gasteiger charge is 2.15. The van der Waals surface area contributed by atoms with Crippen LogP contribution in [-0.2, 0) is 4.74 Å². The molecule has 4 rings (SSSR count). The zero-order chi connectivity index (χ0) is 17.1. The van der Waals surface area contributed by atoms with E-state index in [2.05, 4.69) is 25.6 Å². The smallest absolute Gasteiger partial charge is 0.136 e. The predicted molar refractivity (Wildman–Crippen MR) is 99.3 cm³/mol. The van der Waals surface area contributed by atoms with Crippen LogP contribution in [0.5, 0.6) is 0 Å². The van der Waals surface area contributed by atoms with Gasteiger partial charge in [-0.1, -0.05) is 18.2 Å². The fraction of sp³-hybridized carbons (Fsp3) is 0.316. The van der Waals surface area contributed by atoms with Gasteiger partial charge in [0.15, 0.2) is 0 Å². The van der Waals surface area contributed by atoms with Crippen molar-refractivity contribution >= 4 is 28.2 Å². The van der Waals surface area contributed by atoms with E-state index in [-0.39, 0.29) is 6.10 Å². The summed E-state index contributed by atoms with van der Waals surface area (Å²) in [4.78, 5) is 13.4. The Kier molecular flexibility index (Phi) is 4.43.